The first-order chi connectivity index (χ1) is 9.79. The standard InChI is InChI=1S/C13H19BrN6/c1-2-16-13-18-9-11(14)12(19-13)17-5-3-4-7-20-8-6-15-10-20/h6,8-10H,2-5,7H2,1H3,(H2,16,17,18,19). The van der Waals surface area contributed by atoms with Crippen LogP contribution in [0.15, 0.2) is 29.4 Å². The van der Waals surface area contributed by atoms with E-state index < -0.39 is 0 Å². The van der Waals surface area contributed by atoms with Crippen LogP contribution in [0.4, 0.5) is 11.8 Å². The van der Waals surface area contributed by atoms with Crippen molar-refractivity contribution in [3.63, 3.8) is 0 Å². The molecule has 0 saturated heterocycles. The molecule has 0 aromatic carbocycles. The van der Waals surface area contributed by atoms with Crippen LogP contribution in [-0.2, 0) is 6.54 Å². The first-order valence-corrected chi connectivity index (χ1v) is 7.55. The predicted molar refractivity (Wildman–Crippen MR) is 83.8 cm³/mol. The van der Waals surface area contributed by atoms with Gasteiger partial charge in [0.1, 0.15) is 5.82 Å². The van der Waals surface area contributed by atoms with Gasteiger partial charge in [0.15, 0.2) is 0 Å². The van der Waals surface area contributed by atoms with Crippen LogP contribution < -0.4 is 10.6 Å². The van der Waals surface area contributed by atoms with Gasteiger partial charge >= 0.3 is 0 Å². The maximum Gasteiger partial charge on any atom is 0.224 e. The minimum atomic E-state index is 0.650. The SMILES string of the molecule is CCNc1ncc(Br)c(NCCCCn2ccnc2)n1. The highest BCUT2D eigenvalue weighted by molar-refractivity contribution is 9.10. The molecule has 0 aliphatic heterocycles. The molecule has 20 heavy (non-hydrogen) atoms. The molecule has 2 aromatic heterocycles. The van der Waals surface area contributed by atoms with Crippen LogP contribution in [0, 0.1) is 0 Å². The Labute approximate surface area is 127 Å². The summed E-state index contributed by atoms with van der Waals surface area (Å²) in [5, 5.41) is 6.43. The number of halogens is 1. The fourth-order valence-corrected chi connectivity index (χ4v) is 2.11. The van der Waals surface area contributed by atoms with Crippen molar-refractivity contribution in [2.45, 2.75) is 26.3 Å². The zero-order chi connectivity index (χ0) is 14.2. The van der Waals surface area contributed by atoms with Gasteiger partial charge in [-0.25, -0.2) is 9.97 Å². The molecule has 2 rings (SSSR count). The minimum Gasteiger partial charge on any atom is -0.369 e. The van der Waals surface area contributed by atoms with Crippen molar-refractivity contribution in [1.29, 1.82) is 0 Å². The Morgan fingerprint density at radius 2 is 2.20 bits per heavy atom. The average Bonchev–Trinajstić information content (AvgIpc) is 2.95. The van der Waals surface area contributed by atoms with Gasteiger partial charge in [0, 0.05) is 38.2 Å². The summed E-state index contributed by atoms with van der Waals surface area (Å²) in [4.78, 5) is 12.6. The molecular weight excluding hydrogens is 320 g/mol. The van der Waals surface area contributed by atoms with Gasteiger partial charge < -0.3 is 15.2 Å². The highest BCUT2D eigenvalue weighted by Crippen LogP contribution is 2.20. The summed E-state index contributed by atoms with van der Waals surface area (Å²) < 4.78 is 2.97. The van der Waals surface area contributed by atoms with E-state index in [0.717, 1.165) is 42.8 Å². The summed E-state index contributed by atoms with van der Waals surface area (Å²) in [5.41, 5.74) is 0. The van der Waals surface area contributed by atoms with Crippen LogP contribution in [0.3, 0.4) is 0 Å². The van der Waals surface area contributed by atoms with E-state index in [1.165, 1.54) is 0 Å². The summed E-state index contributed by atoms with van der Waals surface area (Å²) in [7, 11) is 0. The van der Waals surface area contributed by atoms with Crippen LogP contribution in [0.2, 0.25) is 0 Å². The summed E-state index contributed by atoms with van der Waals surface area (Å²) in [6.45, 7) is 4.71. The second-order valence-corrected chi connectivity index (χ2v) is 5.21. The van der Waals surface area contributed by atoms with Crippen molar-refractivity contribution in [3.05, 3.63) is 29.4 Å². The van der Waals surface area contributed by atoms with Gasteiger partial charge in [-0.15, -0.1) is 0 Å². The van der Waals surface area contributed by atoms with Gasteiger partial charge in [-0.05, 0) is 35.7 Å². The molecule has 0 saturated carbocycles. The van der Waals surface area contributed by atoms with E-state index in [0.29, 0.717) is 5.95 Å². The van der Waals surface area contributed by atoms with Crippen molar-refractivity contribution < 1.29 is 0 Å². The normalized spacial score (nSPS) is 10.5. The Bertz CT molecular complexity index is 514. The smallest absolute Gasteiger partial charge is 0.224 e. The molecule has 0 fully saturated rings. The average molecular weight is 339 g/mol. The zero-order valence-corrected chi connectivity index (χ0v) is 13.1. The van der Waals surface area contributed by atoms with Crippen LogP contribution in [-0.4, -0.2) is 32.6 Å². The van der Waals surface area contributed by atoms with Gasteiger partial charge in [-0.3, -0.25) is 0 Å². The number of aryl methyl sites for hydroxylation is 1. The fourth-order valence-electron chi connectivity index (χ4n) is 1.78. The van der Waals surface area contributed by atoms with E-state index in [9.17, 15) is 0 Å². The molecule has 0 amide bonds. The van der Waals surface area contributed by atoms with Gasteiger partial charge in [0.25, 0.3) is 0 Å². The van der Waals surface area contributed by atoms with E-state index in [1.54, 1.807) is 12.4 Å². The lowest BCUT2D eigenvalue weighted by molar-refractivity contribution is 0.620. The highest BCUT2D eigenvalue weighted by atomic mass is 79.9. The van der Waals surface area contributed by atoms with Gasteiger partial charge in [-0.1, -0.05) is 0 Å². The molecule has 7 heteroatoms. The number of nitrogens with zero attached hydrogens (tertiary/aromatic N) is 4. The van der Waals surface area contributed by atoms with E-state index in [2.05, 4.69) is 46.1 Å². The Kier molecular flexibility index (Phi) is 5.79. The lowest BCUT2D eigenvalue weighted by atomic mass is 10.3. The molecule has 0 bridgehead atoms. The predicted octanol–water partition coefficient (Wildman–Crippen LogP) is 2.76. The van der Waals surface area contributed by atoms with Gasteiger partial charge in [-0.2, -0.15) is 4.98 Å². The highest BCUT2D eigenvalue weighted by Gasteiger charge is 2.03. The molecule has 0 unspecified atom stereocenters. The van der Waals surface area contributed by atoms with Crippen molar-refractivity contribution in [2.75, 3.05) is 23.7 Å². The fraction of sp³-hybridized carbons (Fsp3) is 0.462. The number of unbranched alkanes of at least 4 members (excludes halogenated alkanes) is 1. The Balaban J connectivity index is 1.74. The van der Waals surface area contributed by atoms with Crippen molar-refractivity contribution in [2.24, 2.45) is 0 Å². The van der Waals surface area contributed by atoms with E-state index in [1.807, 2.05) is 19.4 Å². The van der Waals surface area contributed by atoms with Crippen molar-refractivity contribution >= 4 is 27.7 Å². The van der Waals surface area contributed by atoms with Gasteiger partial charge in [0.05, 0.1) is 10.8 Å². The van der Waals surface area contributed by atoms with E-state index >= 15 is 0 Å². The third kappa shape index (κ3) is 4.48. The van der Waals surface area contributed by atoms with Crippen molar-refractivity contribution in [3.8, 4) is 0 Å². The lowest BCUT2D eigenvalue weighted by Gasteiger charge is -2.09. The first kappa shape index (κ1) is 14.8. The van der Waals surface area contributed by atoms with E-state index in [4.69, 9.17) is 0 Å². The molecule has 0 aliphatic rings. The number of aromatic nitrogens is 4. The number of rotatable bonds is 8. The Hall–Kier alpha value is -1.63. The molecule has 2 heterocycles. The minimum absolute atomic E-state index is 0.650. The van der Waals surface area contributed by atoms with Crippen LogP contribution in [0.5, 0.6) is 0 Å². The zero-order valence-electron chi connectivity index (χ0n) is 11.5. The summed E-state index contributed by atoms with van der Waals surface area (Å²) >= 11 is 3.45. The number of nitrogens with one attached hydrogen (secondary N) is 2. The Morgan fingerprint density at radius 3 is 2.95 bits per heavy atom. The number of hydrogen-bond donors (Lipinski definition) is 2. The number of anilines is 2. The third-order valence-electron chi connectivity index (χ3n) is 2.77. The second kappa shape index (κ2) is 7.84. The third-order valence-corrected chi connectivity index (χ3v) is 3.35. The Morgan fingerprint density at radius 1 is 1.30 bits per heavy atom. The number of hydrogen-bond acceptors (Lipinski definition) is 5. The molecule has 0 radical (unpaired) electrons. The first-order valence-electron chi connectivity index (χ1n) is 6.75. The molecule has 0 spiro atoms. The summed E-state index contributed by atoms with van der Waals surface area (Å²) in [6, 6.07) is 0. The van der Waals surface area contributed by atoms with Crippen LogP contribution in [0.25, 0.3) is 0 Å². The largest absolute Gasteiger partial charge is 0.369 e. The second-order valence-electron chi connectivity index (χ2n) is 4.35. The quantitative estimate of drug-likeness (QED) is 0.724. The topological polar surface area (TPSA) is 67.7 Å². The monoisotopic (exact) mass is 338 g/mol. The number of imidazole rings is 1. The summed E-state index contributed by atoms with van der Waals surface area (Å²) in [5.74, 6) is 1.48. The summed E-state index contributed by atoms with van der Waals surface area (Å²) in [6.07, 6.45) is 9.57. The molecule has 2 N–H and O–H groups in total. The molecule has 108 valence electrons. The maximum absolute atomic E-state index is 4.41. The maximum atomic E-state index is 4.41. The van der Waals surface area contributed by atoms with Crippen LogP contribution >= 0.6 is 15.9 Å². The molecule has 0 aliphatic carbocycles. The van der Waals surface area contributed by atoms with Crippen molar-refractivity contribution in [1.82, 2.24) is 19.5 Å². The lowest BCUT2D eigenvalue weighted by Crippen LogP contribution is -2.08. The van der Waals surface area contributed by atoms with E-state index in [-0.39, 0.29) is 0 Å². The molecular formula is C13H19BrN6. The molecule has 2 aromatic rings. The van der Waals surface area contributed by atoms with Gasteiger partial charge in [0.2, 0.25) is 5.95 Å². The molecule has 6 nitrogen and oxygen atoms in total. The molecule has 0 atom stereocenters. The van der Waals surface area contributed by atoms with Crippen LogP contribution in [0.1, 0.15) is 19.8 Å².